The molecule has 0 spiro atoms. The van der Waals surface area contributed by atoms with Crippen LogP contribution >= 0.6 is 0 Å². The predicted octanol–water partition coefficient (Wildman–Crippen LogP) is 3.20. The highest BCUT2D eigenvalue weighted by molar-refractivity contribution is 5.88. The minimum atomic E-state index is 0.478. The molecular weight excluding hydrogens is 250 g/mol. The van der Waals surface area contributed by atoms with Crippen LogP contribution in [0.3, 0.4) is 0 Å². The maximum Gasteiger partial charge on any atom is 0.221 e. The Morgan fingerprint density at radius 2 is 1.90 bits per heavy atom. The molecule has 0 saturated heterocycles. The molecule has 4 heteroatoms. The number of ether oxygens (including phenoxy) is 1. The predicted molar refractivity (Wildman–Crippen MR) is 80.7 cm³/mol. The molecule has 3 rings (SSSR count). The summed E-state index contributed by atoms with van der Waals surface area (Å²) in [4.78, 5) is 8.74. The van der Waals surface area contributed by atoms with Gasteiger partial charge >= 0.3 is 0 Å². The molecule has 2 aromatic heterocycles. The number of pyridine rings is 2. The molecule has 2 N–H and O–H groups in total. The Morgan fingerprint density at radius 1 is 1.10 bits per heavy atom. The third-order valence-corrected chi connectivity index (χ3v) is 3.23. The van der Waals surface area contributed by atoms with E-state index in [0.29, 0.717) is 11.7 Å². The van der Waals surface area contributed by atoms with Crippen molar-refractivity contribution in [3.8, 4) is 17.0 Å². The van der Waals surface area contributed by atoms with E-state index in [4.69, 9.17) is 10.5 Å². The van der Waals surface area contributed by atoms with Gasteiger partial charge in [0.1, 0.15) is 5.82 Å². The number of fused-ring (bicyclic) bond motifs is 1. The molecule has 0 unspecified atom stereocenters. The lowest BCUT2D eigenvalue weighted by molar-refractivity contribution is 0.401. The number of nitrogen functional groups attached to an aromatic ring is 1. The molecule has 100 valence electrons. The quantitative estimate of drug-likeness (QED) is 0.773. The fourth-order valence-corrected chi connectivity index (χ4v) is 2.24. The fourth-order valence-electron chi connectivity index (χ4n) is 2.24. The molecule has 0 radical (unpaired) electrons. The van der Waals surface area contributed by atoms with E-state index in [0.717, 1.165) is 27.6 Å². The summed E-state index contributed by atoms with van der Waals surface area (Å²) in [5, 5.41) is 1.05. The van der Waals surface area contributed by atoms with Crippen molar-refractivity contribution in [2.75, 3.05) is 12.8 Å². The normalized spacial score (nSPS) is 10.7. The van der Waals surface area contributed by atoms with Gasteiger partial charge in [0.25, 0.3) is 0 Å². The average molecular weight is 265 g/mol. The van der Waals surface area contributed by atoms with E-state index in [-0.39, 0.29) is 0 Å². The van der Waals surface area contributed by atoms with Crippen LogP contribution in [-0.2, 0) is 0 Å². The van der Waals surface area contributed by atoms with Gasteiger partial charge in [-0.2, -0.15) is 0 Å². The maximum absolute atomic E-state index is 5.99. The largest absolute Gasteiger partial charge is 0.481 e. The van der Waals surface area contributed by atoms with E-state index < -0.39 is 0 Å². The first-order valence-corrected chi connectivity index (χ1v) is 6.35. The Bertz CT molecular complexity index is 784. The van der Waals surface area contributed by atoms with E-state index >= 15 is 0 Å². The minimum Gasteiger partial charge on any atom is -0.481 e. The highest BCUT2D eigenvalue weighted by Crippen LogP contribution is 2.34. The Kier molecular flexibility index (Phi) is 2.99. The molecule has 0 aliphatic carbocycles. The molecule has 2 heterocycles. The van der Waals surface area contributed by atoms with Gasteiger partial charge in [0, 0.05) is 22.7 Å². The number of aromatic nitrogens is 2. The van der Waals surface area contributed by atoms with E-state index in [2.05, 4.69) is 9.97 Å². The lowest BCUT2D eigenvalue weighted by atomic mass is 10.0. The topological polar surface area (TPSA) is 61.0 Å². The summed E-state index contributed by atoms with van der Waals surface area (Å²) < 4.78 is 5.41. The third-order valence-electron chi connectivity index (χ3n) is 3.23. The summed E-state index contributed by atoms with van der Waals surface area (Å²) in [7, 11) is 1.61. The second-order valence-electron chi connectivity index (χ2n) is 4.68. The van der Waals surface area contributed by atoms with Crippen molar-refractivity contribution in [1.29, 1.82) is 0 Å². The molecule has 0 atom stereocenters. The maximum atomic E-state index is 5.99. The molecule has 1 aromatic carbocycles. The van der Waals surface area contributed by atoms with Crippen molar-refractivity contribution in [3.63, 3.8) is 0 Å². The number of anilines is 1. The molecule has 4 nitrogen and oxygen atoms in total. The van der Waals surface area contributed by atoms with Gasteiger partial charge in [-0.1, -0.05) is 18.2 Å². The Hall–Kier alpha value is -2.62. The van der Waals surface area contributed by atoms with E-state index in [1.807, 2.05) is 43.3 Å². The van der Waals surface area contributed by atoms with Crippen molar-refractivity contribution in [3.05, 3.63) is 48.2 Å². The average Bonchev–Trinajstić information content (AvgIpc) is 2.48. The van der Waals surface area contributed by atoms with E-state index in [1.165, 1.54) is 0 Å². The van der Waals surface area contributed by atoms with Crippen LogP contribution in [0.4, 0.5) is 5.82 Å². The summed E-state index contributed by atoms with van der Waals surface area (Å²) in [5.41, 5.74) is 9.64. The highest BCUT2D eigenvalue weighted by atomic mass is 16.5. The molecular formula is C16H15N3O. The number of para-hydroxylation sites is 1. The fraction of sp³-hybridized carbons (Fsp3) is 0.125. The lowest BCUT2D eigenvalue weighted by Gasteiger charge is -2.11. The number of methoxy groups -OCH3 is 1. The van der Waals surface area contributed by atoms with Gasteiger partial charge < -0.3 is 10.5 Å². The molecule has 3 aromatic rings. The van der Waals surface area contributed by atoms with Crippen molar-refractivity contribution in [2.24, 2.45) is 0 Å². The van der Waals surface area contributed by atoms with E-state index in [9.17, 15) is 0 Å². The standard InChI is InChI=1S/C16H15N3O/c1-10-7-12(15(17)18-9-10)13-8-11-5-3-4-6-14(11)19-16(13)20-2/h3-9H,1-2H3,(H2,17,18). The summed E-state index contributed by atoms with van der Waals surface area (Å²) in [5.74, 6) is 1.04. The molecule has 0 aliphatic heterocycles. The molecule has 0 saturated carbocycles. The number of hydrogen-bond donors (Lipinski definition) is 1. The zero-order chi connectivity index (χ0) is 14.1. The summed E-state index contributed by atoms with van der Waals surface area (Å²) in [6, 6.07) is 11.9. The van der Waals surface area contributed by atoms with Crippen LogP contribution in [-0.4, -0.2) is 17.1 Å². The van der Waals surface area contributed by atoms with Gasteiger partial charge in [-0.05, 0) is 30.7 Å². The SMILES string of the molecule is COc1nc2ccccc2cc1-c1cc(C)cnc1N. The summed E-state index contributed by atoms with van der Waals surface area (Å²) in [6.07, 6.45) is 1.75. The molecule has 0 bridgehead atoms. The molecule has 0 fully saturated rings. The second kappa shape index (κ2) is 4.81. The molecule has 0 aliphatic rings. The Labute approximate surface area is 117 Å². The monoisotopic (exact) mass is 265 g/mol. The minimum absolute atomic E-state index is 0.478. The lowest BCUT2D eigenvalue weighted by Crippen LogP contribution is -1.98. The Balaban J connectivity index is 2.31. The summed E-state index contributed by atoms with van der Waals surface area (Å²) >= 11 is 0. The molecule has 20 heavy (non-hydrogen) atoms. The van der Waals surface area contributed by atoms with Gasteiger partial charge in [0.05, 0.1) is 12.6 Å². The van der Waals surface area contributed by atoms with Gasteiger partial charge in [-0.25, -0.2) is 9.97 Å². The van der Waals surface area contributed by atoms with Crippen molar-refractivity contribution in [1.82, 2.24) is 9.97 Å². The number of nitrogens with two attached hydrogens (primary N) is 1. The van der Waals surface area contributed by atoms with Gasteiger partial charge in [0.15, 0.2) is 0 Å². The second-order valence-corrected chi connectivity index (χ2v) is 4.68. The van der Waals surface area contributed by atoms with Crippen molar-refractivity contribution >= 4 is 16.7 Å². The zero-order valence-electron chi connectivity index (χ0n) is 11.4. The number of benzene rings is 1. The number of aryl methyl sites for hydroxylation is 1. The Morgan fingerprint density at radius 3 is 2.70 bits per heavy atom. The van der Waals surface area contributed by atoms with Gasteiger partial charge in [0.2, 0.25) is 5.88 Å². The van der Waals surface area contributed by atoms with Gasteiger partial charge in [-0.15, -0.1) is 0 Å². The van der Waals surface area contributed by atoms with Crippen LogP contribution in [0.5, 0.6) is 5.88 Å². The van der Waals surface area contributed by atoms with Crippen LogP contribution in [0, 0.1) is 6.92 Å². The number of rotatable bonds is 2. The van der Waals surface area contributed by atoms with Crippen LogP contribution in [0.1, 0.15) is 5.56 Å². The third kappa shape index (κ3) is 2.05. The van der Waals surface area contributed by atoms with Gasteiger partial charge in [-0.3, -0.25) is 0 Å². The smallest absolute Gasteiger partial charge is 0.221 e. The number of nitrogens with zero attached hydrogens (tertiary/aromatic N) is 2. The van der Waals surface area contributed by atoms with Crippen LogP contribution in [0.25, 0.3) is 22.0 Å². The van der Waals surface area contributed by atoms with Crippen molar-refractivity contribution in [2.45, 2.75) is 6.92 Å². The summed E-state index contributed by atoms with van der Waals surface area (Å²) in [6.45, 7) is 1.98. The number of hydrogen-bond acceptors (Lipinski definition) is 4. The first-order valence-electron chi connectivity index (χ1n) is 6.35. The van der Waals surface area contributed by atoms with Crippen molar-refractivity contribution < 1.29 is 4.74 Å². The zero-order valence-corrected chi connectivity index (χ0v) is 11.4. The first-order chi connectivity index (χ1) is 9.69. The first kappa shape index (κ1) is 12.4. The molecule has 0 amide bonds. The van der Waals surface area contributed by atoms with Crippen LogP contribution in [0.2, 0.25) is 0 Å². The van der Waals surface area contributed by atoms with E-state index in [1.54, 1.807) is 13.3 Å². The van der Waals surface area contributed by atoms with Crippen LogP contribution < -0.4 is 10.5 Å². The highest BCUT2D eigenvalue weighted by Gasteiger charge is 2.13. The van der Waals surface area contributed by atoms with Crippen LogP contribution in [0.15, 0.2) is 42.6 Å².